The number of ether oxygens (including phenoxy) is 2. The van der Waals surface area contributed by atoms with E-state index in [-0.39, 0.29) is 29.3 Å². The molecule has 0 amide bonds. The van der Waals surface area contributed by atoms with Crippen LogP contribution in [-0.4, -0.2) is 22.5 Å². The average Bonchev–Trinajstić information content (AvgIpc) is 3.35. The highest BCUT2D eigenvalue weighted by atomic mass is 19.4. The monoisotopic (exact) mass is 522 g/mol. The molecule has 0 N–H and O–H groups in total. The summed E-state index contributed by atoms with van der Waals surface area (Å²) in [6.45, 7) is 1.19. The lowest BCUT2D eigenvalue weighted by Crippen LogP contribution is -2.10. The van der Waals surface area contributed by atoms with Crippen molar-refractivity contribution in [1.82, 2.24) is 9.97 Å². The van der Waals surface area contributed by atoms with Crippen LogP contribution >= 0.6 is 0 Å². The van der Waals surface area contributed by atoms with E-state index in [1.165, 1.54) is 6.07 Å². The van der Waals surface area contributed by atoms with Gasteiger partial charge in [0.15, 0.2) is 11.6 Å². The lowest BCUT2D eigenvalue weighted by molar-refractivity contribution is -0.137. The first-order chi connectivity index (χ1) is 17.6. The molecule has 5 nitrogen and oxygen atoms in total. The first-order valence-electron chi connectivity index (χ1n) is 11.3. The molecule has 1 aromatic carbocycles. The first kappa shape index (κ1) is 26.2. The van der Waals surface area contributed by atoms with E-state index in [1.807, 2.05) is 0 Å². The van der Waals surface area contributed by atoms with Crippen LogP contribution in [0.1, 0.15) is 59.1 Å². The molecule has 194 valence electrons. The Balaban J connectivity index is 1.77. The summed E-state index contributed by atoms with van der Waals surface area (Å²) in [7, 11) is 0. The van der Waals surface area contributed by atoms with Gasteiger partial charge in [-0.3, -0.25) is 0 Å². The molecule has 37 heavy (non-hydrogen) atoms. The van der Waals surface area contributed by atoms with Gasteiger partial charge in [-0.1, -0.05) is 6.07 Å². The van der Waals surface area contributed by atoms with Gasteiger partial charge in [0.25, 0.3) is 0 Å². The third-order valence-corrected chi connectivity index (χ3v) is 5.72. The maximum absolute atomic E-state index is 14.1. The fourth-order valence-electron chi connectivity index (χ4n) is 4.00. The molecule has 1 aliphatic carbocycles. The molecule has 0 fully saturated rings. The van der Waals surface area contributed by atoms with Crippen molar-refractivity contribution in [2.24, 2.45) is 0 Å². The topological polar surface area (TPSA) is 61.3 Å². The Kier molecular flexibility index (Phi) is 7.51. The number of carbonyl (C=O) groups excluding carboxylic acids is 1. The summed E-state index contributed by atoms with van der Waals surface area (Å²) in [6, 6.07) is 6.52. The van der Waals surface area contributed by atoms with Crippen molar-refractivity contribution >= 4 is 17.1 Å². The Morgan fingerprint density at radius 3 is 2.46 bits per heavy atom. The molecule has 2 heterocycles. The fourth-order valence-corrected chi connectivity index (χ4v) is 4.00. The summed E-state index contributed by atoms with van der Waals surface area (Å²) in [5.41, 5.74) is 0.132. The molecular weight excluding hydrogens is 502 g/mol. The zero-order chi connectivity index (χ0) is 26.7. The van der Waals surface area contributed by atoms with E-state index in [0.717, 1.165) is 6.07 Å². The Morgan fingerprint density at radius 2 is 1.73 bits per heavy atom. The number of nitrogens with zero attached hydrogens (tertiary/aromatic N) is 2. The normalized spacial score (nSPS) is 13.7. The maximum atomic E-state index is 14.1. The van der Waals surface area contributed by atoms with Gasteiger partial charge in [-0.25, -0.2) is 27.9 Å². The highest BCUT2D eigenvalue weighted by molar-refractivity contribution is 5.94. The molecule has 0 saturated carbocycles. The van der Waals surface area contributed by atoms with Gasteiger partial charge in [-0.05, 0) is 61.6 Å². The highest BCUT2D eigenvalue weighted by Gasteiger charge is 2.33. The van der Waals surface area contributed by atoms with Crippen LogP contribution in [-0.2, 0) is 17.5 Å². The Bertz CT molecular complexity index is 1370. The molecule has 2 aromatic heterocycles. The van der Waals surface area contributed by atoms with Gasteiger partial charge >= 0.3 is 12.1 Å². The Labute approximate surface area is 207 Å². The second kappa shape index (κ2) is 10.6. The number of esters is 1. The summed E-state index contributed by atoms with van der Waals surface area (Å²) in [6.07, 6.45) is -2.71. The predicted molar refractivity (Wildman–Crippen MR) is 121 cm³/mol. The molecule has 11 heteroatoms. The van der Waals surface area contributed by atoms with E-state index in [2.05, 4.69) is 9.97 Å². The summed E-state index contributed by atoms with van der Waals surface area (Å²) < 4.78 is 92.0. The maximum Gasteiger partial charge on any atom is 0.417 e. The standard InChI is InChI=1S/C26H20F6N2O3/c1-2-36-25(35)23-8-4-7-22(34-23)17-6-3-5-16(17)18-10-15(26(30,31)32)12-33-24(18)37-13-14-9-20(28)21(29)11-19(14)27/h4,7-12H,2-3,5-6,13H2,1H3. The molecule has 0 bridgehead atoms. The van der Waals surface area contributed by atoms with Crippen molar-refractivity contribution < 1.29 is 40.6 Å². The van der Waals surface area contributed by atoms with E-state index >= 15 is 0 Å². The van der Waals surface area contributed by atoms with Gasteiger partial charge < -0.3 is 9.47 Å². The molecule has 0 spiro atoms. The van der Waals surface area contributed by atoms with Crippen molar-refractivity contribution in [1.29, 1.82) is 0 Å². The second-order valence-electron chi connectivity index (χ2n) is 8.16. The number of aromatic nitrogens is 2. The molecule has 0 radical (unpaired) electrons. The van der Waals surface area contributed by atoms with Crippen molar-refractivity contribution in [3.8, 4) is 5.88 Å². The number of rotatable bonds is 7. The quantitative estimate of drug-likeness (QED) is 0.195. The number of alkyl halides is 3. The summed E-state index contributed by atoms with van der Waals surface area (Å²) in [5.74, 6) is -4.63. The minimum Gasteiger partial charge on any atom is -0.472 e. The van der Waals surface area contributed by atoms with Crippen molar-refractivity contribution in [2.75, 3.05) is 6.61 Å². The van der Waals surface area contributed by atoms with Gasteiger partial charge in [0.1, 0.15) is 18.1 Å². The molecule has 4 rings (SSSR count). The average molecular weight is 522 g/mol. The molecule has 0 unspecified atom stereocenters. The van der Waals surface area contributed by atoms with E-state index in [4.69, 9.17) is 9.47 Å². The molecule has 0 atom stereocenters. The van der Waals surface area contributed by atoms with Crippen LogP contribution in [0.15, 0.2) is 42.6 Å². The molecule has 1 aliphatic rings. The molecule has 0 aliphatic heterocycles. The fraction of sp³-hybridized carbons (Fsp3) is 0.269. The third-order valence-electron chi connectivity index (χ3n) is 5.72. The Hall–Kier alpha value is -3.89. The van der Waals surface area contributed by atoms with E-state index in [9.17, 15) is 31.1 Å². The molecule has 0 saturated heterocycles. The number of hydrogen-bond donors (Lipinski definition) is 0. The lowest BCUT2D eigenvalue weighted by atomic mass is 9.99. The number of hydrogen-bond acceptors (Lipinski definition) is 5. The SMILES string of the molecule is CCOC(=O)c1cccc(C2=C(c3cc(C(F)(F)F)cnc3OCc3cc(F)c(F)cc3F)CCC2)n1. The number of carbonyl (C=O) groups is 1. The van der Waals surface area contributed by atoms with Crippen LogP contribution in [0, 0.1) is 17.5 Å². The van der Waals surface area contributed by atoms with Gasteiger partial charge in [0.05, 0.1) is 17.9 Å². The van der Waals surface area contributed by atoms with Crippen molar-refractivity contribution in [3.63, 3.8) is 0 Å². The minimum absolute atomic E-state index is 0.00801. The van der Waals surface area contributed by atoms with E-state index in [0.29, 0.717) is 54.4 Å². The molecule has 3 aromatic rings. The van der Waals surface area contributed by atoms with Crippen LogP contribution in [0.4, 0.5) is 26.3 Å². The van der Waals surface area contributed by atoms with Crippen LogP contribution in [0.2, 0.25) is 0 Å². The number of halogens is 6. The van der Waals surface area contributed by atoms with Gasteiger partial charge in [0, 0.05) is 23.4 Å². The number of allylic oxidation sites excluding steroid dienone is 2. The largest absolute Gasteiger partial charge is 0.472 e. The lowest BCUT2D eigenvalue weighted by Gasteiger charge is -2.16. The molecular formula is C26H20F6N2O3. The predicted octanol–water partition coefficient (Wildman–Crippen LogP) is 6.76. The summed E-state index contributed by atoms with van der Waals surface area (Å²) in [4.78, 5) is 20.3. The second-order valence-corrected chi connectivity index (χ2v) is 8.16. The zero-order valence-corrected chi connectivity index (χ0v) is 19.5. The Morgan fingerprint density at radius 1 is 1.00 bits per heavy atom. The van der Waals surface area contributed by atoms with Gasteiger partial charge in [0.2, 0.25) is 5.88 Å². The van der Waals surface area contributed by atoms with Crippen molar-refractivity contribution in [3.05, 3.63) is 88.1 Å². The smallest absolute Gasteiger partial charge is 0.417 e. The van der Waals surface area contributed by atoms with Crippen LogP contribution in [0.5, 0.6) is 5.88 Å². The van der Waals surface area contributed by atoms with Gasteiger partial charge in [-0.15, -0.1) is 0 Å². The first-order valence-corrected chi connectivity index (χ1v) is 11.3. The summed E-state index contributed by atoms with van der Waals surface area (Å²) in [5, 5.41) is 0. The van der Waals surface area contributed by atoms with Crippen LogP contribution in [0.25, 0.3) is 11.1 Å². The zero-order valence-electron chi connectivity index (χ0n) is 19.5. The minimum atomic E-state index is -4.70. The van der Waals surface area contributed by atoms with Crippen LogP contribution in [0.3, 0.4) is 0 Å². The van der Waals surface area contributed by atoms with Gasteiger partial charge in [-0.2, -0.15) is 13.2 Å². The van der Waals surface area contributed by atoms with Crippen molar-refractivity contribution in [2.45, 2.75) is 39.0 Å². The highest BCUT2D eigenvalue weighted by Crippen LogP contribution is 2.43. The van der Waals surface area contributed by atoms with Crippen LogP contribution < -0.4 is 4.74 Å². The summed E-state index contributed by atoms with van der Waals surface area (Å²) >= 11 is 0. The number of pyridine rings is 2. The number of benzene rings is 1. The third kappa shape index (κ3) is 5.76. The van der Waals surface area contributed by atoms with E-state index < -0.39 is 41.8 Å². The van der Waals surface area contributed by atoms with E-state index in [1.54, 1.807) is 19.1 Å².